The SMILES string of the molecule is [2H]c1cc(N(c2ccccc2)c2ccc(C)cc2)c2c(sc3c([2H])c4c([2H])cccc4cc32)c1[2H]. The van der Waals surface area contributed by atoms with Crippen molar-refractivity contribution in [1.82, 2.24) is 0 Å². The van der Waals surface area contributed by atoms with E-state index in [1.165, 1.54) is 11.3 Å². The van der Waals surface area contributed by atoms with Crippen molar-refractivity contribution in [3.8, 4) is 0 Å². The molecule has 0 aliphatic carbocycles. The van der Waals surface area contributed by atoms with E-state index >= 15 is 0 Å². The minimum absolute atomic E-state index is 0.143. The number of hydrogen-bond acceptors (Lipinski definition) is 2. The summed E-state index contributed by atoms with van der Waals surface area (Å²) in [5.74, 6) is 0. The molecule has 6 aromatic rings. The van der Waals surface area contributed by atoms with Gasteiger partial charge in [0.05, 0.1) is 11.2 Å². The molecule has 0 saturated heterocycles. The molecule has 0 radical (unpaired) electrons. The van der Waals surface area contributed by atoms with E-state index in [2.05, 4.69) is 36.1 Å². The Labute approximate surface area is 191 Å². The molecule has 148 valence electrons. The predicted molar refractivity (Wildman–Crippen MR) is 136 cm³/mol. The Morgan fingerprint density at radius 3 is 2.35 bits per heavy atom. The average Bonchev–Trinajstić information content (AvgIpc) is 3.24. The molecule has 0 unspecified atom stereocenters. The van der Waals surface area contributed by atoms with Gasteiger partial charge in [0, 0.05) is 31.5 Å². The molecule has 0 saturated carbocycles. The molecule has 0 aliphatic rings. The summed E-state index contributed by atoms with van der Waals surface area (Å²) in [6.07, 6.45) is 0. The van der Waals surface area contributed by atoms with Crippen molar-refractivity contribution < 1.29 is 5.48 Å². The van der Waals surface area contributed by atoms with Crippen LogP contribution in [0.3, 0.4) is 0 Å². The molecular weight excluding hydrogens is 394 g/mol. The fourth-order valence-electron chi connectivity index (χ4n) is 4.08. The maximum atomic E-state index is 8.93. The van der Waals surface area contributed by atoms with Crippen LogP contribution in [-0.2, 0) is 0 Å². The zero-order valence-electron chi connectivity index (χ0n) is 20.9. The summed E-state index contributed by atoms with van der Waals surface area (Å²) in [5, 5.41) is 3.19. The summed E-state index contributed by atoms with van der Waals surface area (Å²) in [5.41, 5.74) is 3.88. The van der Waals surface area contributed by atoms with Gasteiger partial charge in [-0.2, -0.15) is 0 Å². The first-order valence-electron chi connectivity index (χ1n) is 12.2. The largest absolute Gasteiger partial charge is 0.310 e. The second-order valence-corrected chi connectivity index (χ2v) is 8.64. The van der Waals surface area contributed by atoms with Crippen LogP contribution in [0.4, 0.5) is 17.1 Å². The lowest BCUT2D eigenvalue weighted by atomic mass is 10.0. The lowest BCUT2D eigenvalue weighted by Gasteiger charge is -2.26. The summed E-state index contributed by atoms with van der Waals surface area (Å²) in [6.45, 7) is 2.06. The fraction of sp³-hybridized carbons (Fsp3) is 0.0345. The average molecular weight is 420 g/mol. The summed E-state index contributed by atoms with van der Waals surface area (Å²) < 4.78 is 36.0. The van der Waals surface area contributed by atoms with Gasteiger partial charge >= 0.3 is 0 Å². The molecule has 31 heavy (non-hydrogen) atoms. The summed E-state index contributed by atoms with van der Waals surface area (Å²) >= 11 is 1.37. The van der Waals surface area contributed by atoms with Gasteiger partial charge in [-0.25, -0.2) is 0 Å². The highest BCUT2D eigenvalue weighted by Crippen LogP contribution is 2.45. The van der Waals surface area contributed by atoms with Gasteiger partial charge < -0.3 is 4.90 Å². The third-order valence-electron chi connectivity index (χ3n) is 5.57. The number of benzene rings is 5. The minimum Gasteiger partial charge on any atom is -0.310 e. The number of fused-ring (bicyclic) bond motifs is 4. The van der Waals surface area contributed by atoms with Crippen LogP contribution in [0.2, 0.25) is 0 Å². The maximum Gasteiger partial charge on any atom is 0.0644 e. The maximum absolute atomic E-state index is 8.93. The van der Waals surface area contributed by atoms with E-state index < -0.39 is 0 Å². The molecule has 0 fully saturated rings. The van der Waals surface area contributed by atoms with Gasteiger partial charge in [0.25, 0.3) is 0 Å². The molecule has 0 spiro atoms. The topological polar surface area (TPSA) is 3.24 Å². The van der Waals surface area contributed by atoms with Crippen molar-refractivity contribution in [1.29, 1.82) is 0 Å². The van der Waals surface area contributed by atoms with Gasteiger partial charge in [-0.1, -0.05) is 66.2 Å². The molecule has 0 bridgehead atoms. The van der Waals surface area contributed by atoms with Gasteiger partial charge in [-0.15, -0.1) is 11.3 Å². The number of para-hydroxylation sites is 1. The number of hydrogen-bond donors (Lipinski definition) is 0. The molecule has 0 N–H and O–H groups in total. The highest BCUT2D eigenvalue weighted by Gasteiger charge is 2.18. The van der Waals surface area contributed by atoms with E-state index in [-0.39, 0.29) is 12.1 Å². The Kier molecular flexibility index (Phi) is 3.37. The summed E-state index contributed by atoms with van der Waals surface area (Å²) in [4.78, 5) is 2.13. The lowest BCUT2D eigenvalue weighted by Crippen LogP contribution is -2.10. The first kappa shape index (κ1) is 14.4. The standard InChI is InChI=1S/C29H21NS/c1-20-14-16-24(17-15-20)30(23-10-3-2-4-11-23)26-12-7-13-27-29(26)25-18-21-8-5-6-9-22(21)19-28(25)31-27/h2-19H,1H3/i7D,9D,13D,19D. The van der Waals surface area contributed by atoms with E-state index in [0.29, 0.717) is 22.2 Å². The van der Waals surface area contributed by atoms with E-state index in [1.54, 1.807) is 12.1 Å². The zero-order chi connectivity index (χ0) is 24.3. The molecule has 1 heterocycles. The Morgan fingerprint density at radius 2 is 1.52 bits per heavy atom. The Balaban J connectivity index is 1.77. The smallest absolute Gasteiger partial charge is 0.0644 e. The van der Waals surface area contributed by atoms with Gasteiger partial charge in [0.15, 0.2) is 0 Å². The highest BCUT2D eigenvalue weighted by molar-refractivity contribution is 7.26. The molecule has 1 aromatic heterocycles. The van der Waals surface area contributed by atoms with Crippen LogP contribution >= 0.6 is 11.3 Å². The van der Waals surface area contributed by atoms with Crippen LogP contribution in [0, 0.1) is 6.92 Å². The zero-order valence-corrected chi connectivity index (χ0v) is 17.8. The second kappa shape index (κ2) is 7.26. The lowest BCUT2D eigenvalue weighted by molar-refractivity contribution is 1.29. The van der Waals surface area contributed by atoms with E-state index in [9.17, 15) is 0 Å². The summed E-state index contributed by atoms with van der Waals surface area (Å²) in [6, 6.07) is 28.5. The molecule has 2 heteroatoms. The van der Waals surface area contributed by atoms with Crippen molar-refractivity contribution >= 4 is 59.3 Å². The van der Waals surface area contributed by atoms with Crippen molar-refractivity contribution in [3.63, 3.8) is 0 Å². The molecule has 0 atom stereocenters. The van der Waals surface area contributed by atoms with Crippen molar-refractivity contribution in [2.45, 2.75) is 6.92 Å². The molecule has 0 aliphatic heterocycles. The Morgan fingerprint density at radius 1 is 0.742 bits per heavy atom. The molecule has 5 aromatic carbocycles. The molecule has 6 rings (SSSR count). The normalized spacial score (nSPS) is 13.2. The van der Waals surface area contributed by atoms with Crippen molar-refractivity contribution in [2.24, 2.45) is 0 Å². The first-order chi connectivity index (χ1) is 16.9. The van der Waals surface area contributed by atoms with Crippen LogP contribution in [0.5, 0.6) is 0 Å². The number of rotatable bonds is 3. The molecule has 1 nitrogen and oxygen atoms in total. The quantitative estimate of drug-likeness (QED) is 0.277. The van der Waals surface area contributed by atoms with Gasteiger partial charge in [0.1, 0.15) is 0 Å². The molecular formula is C29H21NS. The number of thiophene rings is 1. The monoisotopic (exact) mass is 419 g/mol. The van der Waals surface area contributed by atoms with Crippen LogP contribution in [0.25, 0.3) is 30.9 Å². The fourth-order valence-corrected chi connectivity index (χ4v) is 5.14. The van der Waals surface area contributed by atoms with E-state index in [0.717, 1.165) is 43.5 Å². The minimum atomic E-state index is 0.143. The van der Waals surface area contributed by atoms with Crippen LogP contribution in [-0.4, -0.2) is 0 Å². The Hall–Kier alpha value is -3.62. The third kappa shape index (κ3) is 3.08. The third-order valence-corrected chi connectivity index (χ3v) is 6.61. The van der Waals surface area contributed by atoms with E-state index in [1.807, 2.05) is 48.5 Å². The number of anilines is 3. The van der Waals surface area contributed by atoms with E-state index in [4.69, 9.17) is 5.48 Å². The van der Waals surface area contributed by atoms with Gasteiger partial charge in [-0.05, 0) is 66.2 Å². The highest BCUT2D eigenvalue weighted by atomic mass is 32.1. The predicted octanol–water partition coefficient (Wildman–Crippen LogP) is 8.99. The van der Waals surface area contributed by atoms with Gasteiger partial charge in [0.2, 0.25) is 0 Å². The van der Waals surface area contributed by atoms with Crippen LogP contribution in [0.15, 0.2) is 109 Å². The first-order valence-corrected chi connectivity index (χ1v) is 11.0. The molecule has 0 amide bonds. The number of nitrogens with zero attached hydrogens (tertiary/aromatic N) is 1. The second-order valence-electron chi connectivity index (χ2n) is 7.62. The van der Waals surface area contributed by atoms with Crippen LogP contribution in [0.1, 0.15) is 11.0 Å². The van der Waals surface area contributed by atoms with Crippen molar-refractivity contribution in [3.05, 3.63) is 115 Å². The number of aryl methyl sites for hydroxylation is 1. The van der Waals surface area contributed by atoms with Gasteiger partial charge in [-0.3, -0.25) is 0 Å². The Bertz CT molecular complexity index is 1740. The van der Waals surface area contributed by atoms with Crippen LogP contribution < -0.4 is 4.90 Å². The van der Waals surface area contributed by atoms with Crippen molar-refractivity contribution in [2.75, 3.05) is 4.90 Å². The summed E-state index contributed by atoms with van der Waals surface area (Å²) in [7, 11) is 0.